The number of ether oxygens (including phenoxy) is 2. The molecule has 1 aliphatic heterocycles. The highest BCUT2D eigenvalue weighted by Crippen LogP contribution is 2.29. The number of benzene rings is 1. The maximum Gasteiger partial charge on any atom is 0.336 e. The van der Waals surface area contributed by atoms with Gasteiger partial charge in [-0.2, -0.15) is 0 Å². The summed E-state index contributed by atoms with van der Waals surface area (Å²) in [4.78, 5) is 11.4. The van der Waals surface area contributed by atoms with E-state index in [2.05, 4.69) is 0 Å². The fourth-order valence-electron chi connectivity index (χ4n) is 2.45. The quantitative estimate of drug-likeness (QED) is 0.528. The fourth-order valence-corrected chi connectivity index (χ4v) is 2.45. The van der Waals surface area contributed by atoms with E-state index in [4.69, 9.17) is 19.0 Å². The van der Waals surface area contributed by atoms with Gasteiger partial charge in [-0.15, -0.1) is 0 Å². The van der Waals surface area contributed by atoms with Crippen LogP contribution < -0.4 is 10.4 Å². The van der Waals surface area contributed by atoms with Gasteiger partial charge in [0.05, 0.1) is 6.61 Å². The van der Waals surface area contributed by atoms with Crippen molar-refractivity contribution in [2.75, 3.05) is 6.61 Å². The number of aliphatic hydroxyl groups excluding tert-OH is 4. The van der Waals surface area contributed by atoms with E-state index in [-0.39, 0.29) is 11.3 Å². The zero-order chi connectivity index (χ0) is 16.6. The Balaban J connectivity index is 1.92. The third-order valence-electron chi connectivity index (χ3n) is 3.70. The van der Waals surface area contributed by atoms with Crippen LogP contribution in [0.1, 0.15) is 0 Å². The molecule has 124 valence electrons. The first-order chi connectivity index (χ1) is 11.0. The highest BCUT2D eigenvalue weighted by molar-refractivity contribution is 5.82. The second-order valence-corrected chi connectivity index (χ2v) is 5.24. The molecule has 4 N–H and O–H groups in total. The lowest BCUT2D eigenvalue weighted by Crippen LogP contribution is -2.60. The molecule has 5 unspecified atom stereocenters. The zero-order valence-corrected chi connectivity index (χ0v) is 11.9. The highest BCUT2D eigenvalue weighted by Gasteiger charge is 2.44. The minimum Gasteiger partial charge on any atom is -0.458 e. The standard InChI is InChI=1S/C15H16O8/c16-6-9-11(18)12(19)13(20)15(22-9)21-8-3-1-2-7-4-5-10(17)23-14(7)8/h1-5,9,11-13,15-16,18-20H,6H2. The minimum atomic E-state index is -1.55. The Morgan fingerprint density at radius 2 is 1.83 bits per heavy atom. The normalized spacial score (nSPS) is 31.2. The first kappa shape index (κ1) is 15.9. The SMILES string of the molecule is O=c1ccc2cccc(OC3OC(CO)C(O)C(O)C3O)c2o1. The Morgan fingerprint density at radius 1 is 1.04 bits per heavy atom. The summed E-state index contributed by atoms with van der Waals surface area (Å²) in [5.41, 5.74) is -0.403. The van der Waals surface area contributed by atoms with Gasteiger partial charge >= 0.3 is 5.63 Å². The summed E-state index contributed by atoms with van der Waals surface area (Å²) in [7, 11) is 0. The minimum absolute atomic E-state index is 0.129. The van der Waals surface area contributed by atoms with Crippen molar-refractivity contribution in [2.24, 2.45) is 0 Å². The van der Waals surface area contributed by atoms with Crippen molar-refractivity contribution in [2.45, 2.75) is 30.7 Å². The molecule has 5 atom stereocenters. The van der Waals surface area contributed by atoms with Crippen LogP contribution in [0.3, 0.4) is 0 Å². The predicted molar refractivity (Wildman–Crippen MR) is 76.9 cm³/mol. The summed E-state index contributed by atoms with van der Waals surface area (Å²) in [6, 6.07) is 7.69. The molecule has 0 radical (unpaired) electrons. The molecule has 3 rings (SSSR count). The number of aliphatic hydroxyl groups is 4. The van der Waals surface area contributed by atoms with Gasteiger partial charge in [-0.1, -0.05) is 12.1 Å². The van der Waals surface area contributed by atoms with Gasteiger partial charge in [0.25, 0.3) is 0 Å². The van der Waals surface area contributed by atoms with Gasteiger partial charge in [-0.25, -0.2) is 4.79 Å². The molecule has 8 nitrogen and oxygen atoms in total. The lowest BCUT2D eigenvalue weighted by atomic mass is 9.99. The summed E-state index contributed by atoms with van der Waals surface area (Å²) in [5, 5.41) is 39.2. The van der Waals surface area contributed by atoms with Crippen LogP contribution in [0, 0.1) is 0 Å². The Hall–Kier alpha value is -1.97. The van der Waals surface area contributed by atoms with E-state index in [9.17, 15) is 20.1 Å². The average molecular weight is 324 g/mol. The molecule has 0 bridgehead atoms. The molecule has 8 heteroatoms. The molecule has 23 heavy (non-hydrogen) atoms. The molecule has 1 aromatic heterocycles. The van der Waals surface area contributed by atoms with Crippen LogP contribution in [0.15, 0.2) is 39.5 Å². The zero-order valence-electron chi connectivity index (χ0n) is 11.9. The van der Waals surface area contributed by atoms with Crippen molar-refractivity contribution in [1.29, 1.82) is 0 Å². The molecule has 0 spiro atoms. The first-order valence-corrected chi connectivity index (χ1v) is 7.01. The predicted octanol–water partition coefficient (Wildman–Crippen LogP) is -1.03. The van der Waals surface area contributed by atoms with Crippen molar-refractivity contribution < 1.29 is 34.3 Å². The maximum absolute atomic E-state index is 11.4. The van der Waals surface area contributed by atoms with Crippen LogP contribution in [0.5, 0.6) is 5.75 Å². The average Bonchev–Trinajstić information content (AvgIpc) is 2.55. The second-order valence-electron chi connectivity index (χ2n) is 5.24. The first-order valence-electron chi connectivity index (χ1n) is 7.01. The van der Waals surface area contributed by atoms with Crippen molar-refractivity contribution in [1.82, 2.24) is 0 Å². The van der Waals surface area contributed by atoms with Crippen LogP contribution in [-0.2, 0) is 4.74 Å². The number of hydrogen-bond donors (Lipinski definition) is 4. The number of fused-ring (bicyclic) bond motifs is 1. The van der Waals surface area contributed by atoms with E-state index < -0.39 is 42.9 Å². The second kappa shape index (κ2) is 6.26. The Kier molecular flexibility index (Phi) is 4.33. The Labute approximate surface area is 130 Å². The molecule has 1 aliphatic rings. The molecule has 0 saturated carbocycles. The van der Waals surface area contributed by atoms with Gasteiger partial charge in [0.15, 0.2) is 11.3 Å². The van der Waals surface area contributed by atoms with Gasteiger partial charge in [-0.3, -0.25) is 0 Å². The monoisotopic (exact) mass is 324 g/mol. The molecular weight excluding hydrogens is 308 g/mol. The van der Waals surface area contributed by atoms with E-state index in [1.165, 1.54) is 12.1 Å². The fraction of sp³-hybridized carbons (Fsp3) is 0.400. The Bertz CT molecular complexity index is 740. The van der Waals surface area contributed by atoms with E-state index >= 15 is 0 Å². The topological polar surface area (TPSA) is 130 Å². The number of para-hydroxylation sites is 1. The third-order valence-corrected chi connectivity index (χ3v) is 3.70. The van der Waals surface area contributed by atoms with Crippen LogP contribution in [0.2, 0.25) is 0 Å². The van der Waals surface area contributed by atoms with Gasteiger partial charge in [0.2, 0.25) is 6.29 Å². The maximum atomic E-state index is 11.4. The van der Waals surface area contributed by atoms with Crippen molar-refractivity contribution in [3.8, 4) is 5.75 Å². The van der Waals surface area contributed by atoms with Crippen LogP contribution in [-0.4, -0.2) is 57.7 Å². The van der Waals surface area contributed by atoms with Gasteiger partial charge in [0.1, 0.15) is 24.4 Å². The van der Waals surface area contributed by atoms with Gasteiger partial charge in [0, 0.05) is 11.5 Å². The van der Waals surface area contributed by atoms with Crippen LogP contribution in [0.4, 0.5) is 0 Å². The van der Waals surface area contributed by atoms with Crippen molar-refractivity contribution >= 4 is 11.0 Å². The smallest absolute Gasteiger partial charge is 0.336 e. The summed E-state index contributed by atoms with van der Waals surface area (Å²) >= 11 is 0. The molecule has 0 aliphatic carbocycles. The molecular formula is C15H16O8. The largest absolute Gasteiger partial charge is 0.458 e. The molecule has 2 heterocycles. The van der Waals surface area contributed by atoms with E-state index in [0.717, 1.165) is 0 Å². The molecule has 2 aromatic rings. The summed E-state index contributed by atoms with van der Waals surface area (Å²) in [6.45, 7) is -0.560. The molecule has 0 amide bonds. The van der Waals surface area contributed by atoms with Gasteiger partial charge in [-0.05, 0) is 12.1 Å². The Morgan fingerprint density at radius 3 is 2.57 bits per heavy atom. The van der Waals surface area contributed by atoms with Crippen LogP contribution >= 0.6 is 0 Å². The molecule has 1 fully saturated rings. The number of rotatable bonds is 3. The summed E-state index contributed by atoms with van der Waals surface area (Å²) in [5.74, 6) is 0.129. The van der Waals surface area contributed by atoms with E-state index in [1.807, 2.05) is 0 Å². The third kappa shape index (κ3) is 2.94. The highest BCUT2D eigenvalue weighted by atomic mass is 16.7. The molecule has 1 aromatic carbocycles. The van der Waals surface area contributed by atoms with E-state index in [1.54, 1.807) is 18.2 Å². The number of hydrogen-bond acceptors (Lipinski definition) is 8. The van der Waals surface area contributed by atoms with Crippen LogP contribution in [0.25, 0.3) is 11.0 Å². The lowest BCUT2D eigenvalue weighted by Gasteiger charge is -2.39. The van der Waals surface area contributed by atoms with Crippen molar-refractivity contribution in [3.05, 3.63) is 40.8 Å². The summed E-state index contributed by atoms with van der Waals surface area (Å²) in [6.07, 6.45) is -6.99. The lowest BCUT2D eigenvalue weighted by molar-refractivity contribution is -0.277. The van der Waals surface area contributed by atoms with Crippen molar-refractivity contribution in [3.63, 3.8) is 0 Å². The summed E-state index contributed by atoms with van der Waals surface area (Å²) < 4.78 is 15.9. The van der Waals surface area contributed by atoms with E-state index in [0.29, 0.717) is 5.39 Å². The molecule has 1 saturated heterocycles. The van der Waals surface area contributed by atoms with Gasteiger partial charge < -0.3 is 34.3 Å².